The fraction of sp³-hybridized carbons (Fsp3) is 0.438. The van der Waals surface area contributed by atoms with Crippen LogP contribution in [0.5, 0.6) is 0 Å². The number of pyridine rings is 1. The monoisotopic (exact) mass is 301 g/mol. The number of thiazole rings is 1. The number of fused-ring (bicyclic) bond motifs is 1. The molecule has 0 unspecified atom stereocenters. The number of nitrogens with zero attached hydrogens (tertiary/aromatic N) is 2. The van der Waals surface area contributed by atoms with Gasteiger partial charge in [0.25, 0.3) is 5.91 Å². The molecule has 2 aromatic rings. The number of hydrogen-bond acceptors (Lipinski definition) is 4. The number of aryl methyl sites for hydroxylation is 3. The van der Waals surface area contributed by atoms with E-state index in [9.17, 15) is 4.79 Å². The van der Waals surface area contributed by atoms with Crippen LogP contribution in [0.4, 0.5) is 0 Å². The molecule has 110 valence electrons. The maximum Gasteiger partial charge on any atom is 0.252 e. The molecule has 4 nitrogen and oxygen atoms in total. The van der Waals surface area contributed by atoms with E-state index in [2.05, 4.69) is 10.3 Å². The van der Waals surface area contributed by atoms with Crippen LogP contribution in [0.1, 0.15) is 45.2 Å². The Bertz CT molecular complexity index is 586. The van der Waals surface area contributed by atoms with Gasteiger partial charge in [-0.3, -0.25) is 9.78 Å². The number of hydrogen-bond donors (Lipinski definition) is 1. The van der Waals surface area contributed by atoms with Crippen molar-refractivity contribution in [3.63, 3.8) is 0 Å². The zero-order valence-electron chi connectivity index (χ0n) is 12.0. The summed E-state index contributed by atoms with van der Waals surface area (Å²) in [6.07, 6.45) is 10.1. The van der Waals surface area contributed by atoms with Gasteiger partial charge >= 0.3 is 0 Å². The van der Waals surface area contributed by atoms with Gasteiger partial charge in [-0.15, -0.1) is 11.3 Å². The minimum atomic E-state index is -0.0541. The van der Waals surface area contributed by atoms with Crippen LogP contribution < -0.4 is 5.32 Å². The molecule has 0 radical (unpaired) electrons. The summed E-state index contributed by atoms with van der Waals surface area (Å²) in [7, 11) is 0. The number of rotatable bonds is 5. The molecule has 0 saturated heterocycles. The average molecular weight is 301 g/mol. The number of amides is 1. The molecule has 0 bridgehead atoms. The van der Waals surface area contributed by atoms with Crippen LogP contribution in [-0.4, -0.2) is 22.4 Å². The van der Waals surface area contributed by atoms with Crippen molar-refractivity contribution in [2.24, 2.45) is 0 Å². The molecule has 0 aliphatic heterocycles. The molecule has 0 saturated carbocycles. The van der Waals surface area contributed by atoms with Crippen molar-refractivity contribution in [2.45, 2.75) is 38.5 Å². The summed E-state index contributed by atoms with van der Waals surface area (Å²) in [5, 5.41) is 4.15. The second kappa shape index (κ2) is 6.80. The number of nitrogens with one attached hydrogen (secondary N) is 1. The Kier molecular flexibility index (Phi) is 4.60. The molecule has 0 spiro atoms. The van der Waals surface area contributed by atoms with Gasteiger partial charge in [-0.05, 0) is 44.2 Å². The van der Waals surface area contributed by atoms with Gasteiger partial charge in [-0.1, -0.05) is 0 Å². The van der Waals surface area contributed by atoms with Gasteiger partial charge < -0.3 is 5.32 Å². The smallest absolute Gasteiger partial charge is 0.252 e. The van der Waals surface area contributed by atoms with Gasteiger partial charge in [0.05, 0.1) is 16.3 Å². The van der Waals surface area contributed by atoms with Crippen LogP contribution in [0.25, 0.3) is 0 Å². The molecule has 3 rings (SSSR count). The second-order valence-corrected chi connectivity index (χ2v) is 6.45. The Balaban J connectivity index is 1.44. The Morgan fingerprint density at radius 1 is 1.33 bits per heavy atom. The summed E-state index contributed by atoms with van der Waals surface area (Å²) >= 11 is 1.86. The summed E-state index contributed by atoms with van der Waals surface area (Å²) in [6.45, 7) is 0.679. The Morgan fingerprint density at radius 3 is 3.05 bits per heavy atom. The first-order chi connectivity index (χ1) is 10.3. The maximum absolute atomic E-state index is 11.9. The van der Waals surface area contributed by atoms with Gasteiger partial charge in [0.2, 0.25) is 0 Å². The van der Waals surface area contributed by atoms with Crippen molar-refractivity contribution in [2.75, 3.05) is 6.54 Å². The molecule has 5 heteroatoms. The molecule has 0 atom stereocenters. The molecular weight excluding hydrogens is 282 g/mol. The highest BCUT2D eigenvalue weighted by Crippen LogP contribution is 2.27. The van der Waals surface area contributed by atoms with Crippen molar-refractivity contribution in [3.8, 4) is 0 Å². The molecule has 1 amide bonds. The standard InChI is InChI=1S/C16H19N3OS/c20-16(12-5-3-9-17-11-12)18-10-4-8-15-19-13-6-1-2-7-14(13)21-15/h3,5,9,11H,1-2,4,6-8,10H2,(H,18,20). The van der Waals surface area contributed by atoms with Gasteiger partial charge in [0.1, 0.15) is 0 Å². The highest BCUT2D eigenvalue weighted by atomic mass is 32.1. The van der Waals surface area contributed by atoms with Gasteiger partial charge in [-0.2, -0.15) is 0 Å². The predicted octanol–water partition coefficient (Wildman–Crippen LogP) is 2.78. The van der Waals surface area contributed by atoms with Crippen LogP contribution in [0, 0.1) is 0 Å². The van der Waals surface area contributed by atoms with E-state index in [4.69, 9.17) is 4.98 Å². The maximum atomic E-state index is 11.9. The largest absolute Gasteiger partial charge is 0.352 e. The third-order valence-corrected chi connectivity index (χ3v) is 4.88. The second-order valence-electron chi connectivity index (χ2n) is 5.29. The van der Waals surface area contributed by atoms with Crippen molar-refractivity contribution < 1.29 is 4.79 Å². The fourth-order valence-electron chi connectivity index (χ4n) is 2.55. The van der Waals surface area contributed by atoms with E-state index in [0.29, 0.717) is 12.1 Å². The number of carbonyl (C=O) groups is 1. The molecular formula is C16H19N3OS. The van der Waals surface area contributed by atoms with E-state index in [0.717, 1.165) is 19.3 Å². The van der Waals surface area contributed by atoms with E-state index >= 15 is 0 Å². The van der Waals surface area contributed by atoms with Crippen molar-refractivity contribution in [1.29, 1.82) is 0 Å². The molecule has 2 aromatic heterocycles. The molecule has 21 heavy (non-hydrogen) atoms. The average Bonchev–Trinajstić information content (AvgIpc) is 2.95. The zero-order chi connectivity index (χ0) is 14.5. The molecule has 1 aliphatic rings. The number of carbonyl (C=O) groups excluding carboxylic acids is 1. The third-order valence-electron chi connectivity index (χ3n) is 3.67. The summed E-state index contributed by atoms with van der Waals surface area (Å²) in [5.74, 6) is -0.0541. The SMILES string of the molecule is O=C(NCCCc1nc2c(s1)CCCC2)c1cccnc1. The van der Waals surface area contributed by atoms with Crippen molar-refractivity contribution in [1.82, 2.24) is 15.3 Å². The molecule has 2 heterocycles. The first kappa shape index (κ1) is 14.2. The van der Waals surface area contributed by atoms with E-state index in [1.165, 1.54) is 34.8 Å². The van der Waals surface area contributed by atoms with Crippen LogP contribution in [0.15, 0.2) is 24.5 Å². The van der Waals surface area contributed by atoms with Crippen LogP contribution >= 0.6 is 11.3 Å². The molecule has 0 fully saturated rings. The summed E-state index contributed by atoms with van der Waals surface area (Å²) in [6, 6.07) is 3.55. The zero-order valence-corrected chi connectivity index (χ0v) is 12.8. The van der Waals surface area contributed by atoms with Crippen molar-refractivity contribution >= 4 is 17.2 Å². The minimum Gasteiger partial charge on any atom is -0.352 e. The van der Waals surface area contributed by atoms with E-state index in [1.807, 2.05) is 11.3 Å². The Morgan fingerprint density at radius 2 is 2.24 bits per heavy atom. The molecule has 1 aliphatic carbocycles. The highest BCUT2D eigenvalue weighted by Gasteiger charge is 2.14. The summed E-state index contributed by atoms with van der Waals surface area (Å²) in [5.41, 5.74) is 1.93. The van der Waals surface area contributed by atoms with Gasteiger partial charge in [-0.25, -0.2) is 4.98 Å². The topological polar surface area (TPSA) is 54.9 Å². The highest BCUT2D eigenvalue weighted by molar-refractivity contribution is 7.11. The normalized spacial score (nSPS) is 13.7. The van der Waals surface area contributed by atoms with Crippen LogP contribution in [0.2, 0.25) is 0 Å². The summed E-state index contributed by atoms with van der Waals surface area (Å²) < 4.78 is 0. The lowest BCUT2D eigenvalue weighted by Crippen LogP contribution is -2.24. The van der Waals surface area contributed by atoms with Gasteiger partial charge in [0.15, 0.2) is 0 Å². The van der Waals surface area contributed by atoms with Crippen LogP contribution in [0.3, 0.4) is 0 Å². The fourth-order valence-corrected chi connectivity index (χ4v) is 3.75. The van der Waals surface area contributed by atoms with Crippen LogP contribution in [-0.2, 0) is 19.3 Å². The molecule has 0 aromatic carbocycles. The lowest BCUT2D eigenvalue weighted by atomic mass is 10.0. The third kappa shape index (κ3) is 3.67. The van der Waals surface area contributed by atoms with E-state index in [-0.39, 0.29) is 5.91 Å². The number of aromatic nitrogens is 2. The predicted molar refractivity (Wildman–Crippen MR) is 83.6 cm³/mol. The van der Waals surface area contributed by atoms with E-state index < -0.39 is 0 Å². The van der Waals surface area contributed by atoms with Gasteiger partial charge in [0, 0.05) is 30.2 Å². The van der Waals surface area contributed by atoms with E-state index in [1.54, 1.807) is 24.5 Å². The van der Waals surface area contributed by atoms with Crippen molar-refractivity contribution in [3.05, 3.63) is 45.7 Å². The molecule has 1 N–H and O–H groups in total. The lowest BCUT2D eigenvalue weighted by molar-refractivity contribution is 0.0953. The Hall–Kier alpha value is -1.75. The first-order valence-electron chi connectivity index (χ1n) is 7.48. The lowest BCUT2D eigenvalue weighted by Gasteiger charge is -2.06. The minimum absolute atomic E-state index is 0.0541. The first-order valence-corrected chi connectivity index (χ1v) is 8.30. The quantitative estimate of drug-likeness (QED) is 0.864. The Labute approximate surface area is 128 Å². The summed E-state index contributed by atoms with van der Waals surface area (Å²) in [4.78, 5) is 22.0.